The second-order valence-corrected chi connectivity index (χ2v) is 5.21. The summed E-state index contributed by atoms with van der Waals surface area (Å²) < 4.78 is 1.27. The number of aromatic nitrogens is 3. The maximum Gasteiger partial charge on any atom is 0.368 e. The number of hydrogen-bond acceptors (Lipinski definition) is 6. The molecule has 0 aromatic carbocycles. The number of nitro groups is 1. The van der Waals surface area contributed by atoms with Crippen LogP contribution in [0.2, 0.25) is 0 Å². The van der Waals surface area contributed by atoms with Gasteiger partial charge in [-0.05, 0) is 30.4 Å². The average molecular weight is 290 g/mol. The van der Waals surface area contributed by atoms with Crippen LogP contribution in [0.4, 0.5) is 11.6 Å². The summed E-state index contributed by atoms with van der Waals surface area (Å²) in [6.45, 7) is 5.39. The van der Waals surface area contributed by atoms with Crippen molar-refractivity contribution in [1.82, 2.24) is 19.5 Å². The molecule has 0 aliphatic carbocycles. The fourth-order valence-electron chi connectivity index (χ4n) is 2.67. The van der Waals surface area contributed by atoms with Gasteiger partial charge in [0.15, 0.2) is 5.82 Å². The lowest BCUT2D eigenvalue weighted by atomic mass is 10.1. The predicted molar refractivity (Wildman–Crippen MR) is 78.4 cm³/mol. The van der Waals surface area contributed by atoms with E-state index in [1.54, 1.807) is 6.07 Å². The quantitative estimate of drug-likeness (QED) is 0.678. The van der Waals surface area contributed by atoms with Gasteiger partial charge in [-0.15, -0.1) is 0 Å². The van der Waals surface area contributed by atoms with Crippen molar-refractivity contribution in [3.63, 3.8) is 0 Å². The van der Waals surface area contributed by atoms with Crippen molar-refractivity contribution in [3.8, 4) is 0 Å². The van der Waals surface area contributed by atoms with Gasteiger partial charge in [0.05, 0.1) is 0 Å². The molecule has 1 fully saturated rings. The smallest absolute Gasteiger partial charge is 0.364 e. The van der Waals surface area contributed by atoms with Gasteiger partial charge in [-0.25, -0.2) is 4.98 Å². The lowest BCUT2D eigenvalue weighted by Gasteiger charge is -2.31. The first kappa shape index (κ1) is 13.7. The van der Waals surface area contributed by atoms with Gasteiger partial charge in [0.1, 0.15) is 6.20 Å². The van der Waals surface area contributed by atoms with E-state index in [1.165, 1.54) is 10.7 Å². The molecule has 3 rings (SSSR count). The Balaban J connectivity index is 1.75. The van der Waals surface area contributed by atoms with Gasteiger partial charge in [0.2, 0.25) is 5.65 Å². The molecule has 2 aromatic rings. The first-order chi connectivity index (χ1) is 10.2. The zero-order chi connectivity index (χ0) is 14.8. The molecule has 1 saturated heterocycles. The molecule has 0 atom stereocenters. The lowest BCUT2D eigenvalue weighted by Crippen LogP contribution is -2.39. The van der Waals surface area contributed by atoms with E-state index in [-0.39, 0.29) is 5.82 Å². The number of hydrogen-bond donors (Lipinski definition) is 1. The SMILES string of the molecule is CCN1CCC(Nc2ccc3ncc([N+](=O)[O-])n3n2)CC1. The fraction of sp³-hybridized carbons (Fsp3) is 0.538. The van der Waals surface area contributed by atoms with E-state index < -0.39 is 4.92 Å². The maximum absolute atomic E-state index is 10.9. The molecule has 21 heavy (non-hydrogen) atoms. The number of fused-ring (bicyclic) bond motifs is 1. The highest BCUT2D eigenvalue weighted by Gasteiger charge is 2.20. The Morgan fingerprint density at radius 1 is 1.43 bits per heavy atom. The van der Waals surface area contributed by atoms with Gasteiger partial charge < -0.3 is 20.3 Å². The summed E-state index contributed by atoms with van der Waals surface area (Å²) in [5, 5.41) is 18.6. The molecule has 0 unspecified atom stereocenters. The van der Waals surface area contributed by atoms with Crippen LogP contribution in [0.1, 0.15) is 19.8 Å². The van der Waals surface area contributed by atoms with Gasteiger partial charge in [0, 0.05) is 25.2 Å². The Labute approximate surface area is 121 Å². The standard InChI is InChI=1S/C13H18N6O2/c1-2-17-7-5-10(6-8-17)15-11-3-4-12-14-9-13(19(20)21)18(12)16-11/h3-4,9-10H,2,5-8H2,1H3,(H,15,16). The van der Waals surface area contributed by atoms with Crippen molar-refractivity contribution in [1.29, 1.82) is 0 Å². The number of nitrogens with zero attached hydrogens (tertiary/aromatic N) is 5. The number of rotatable bonds is 4. The predicted octanol–water partition coefficient (Wildman–Crippen LogP) is 1.53. The molecule has 0 radical (unpaired) electrons. The average Bonchev–Trinajstić information content (AvgIpc) is 2.91. The van der Waals surface area contributed by atoms with E-state index in [9.17, 15) is 10.1 Å². The zero-order valence-corrected chi connectivity index (χ0v) is 11.9. The highest BCUT2D eigenvalue weighted by Crippen LogP contribution is 2.18. The molecule has 0 bridgehead atoms. The molecular weight excluding hydrogens is 272 g/mol. The summed E-state index contributed by atoms with van der Waals surface area (Å²) in [4.78, 5) is 16.8. The molecule has 8 nitrogen and oxygen atoms in total. The van der Waals surface area contributed by atoms with Crippen molar-refractivity contribution < 1.29 is 4.92 Å². The molecule has 1 aliphatic heterocycles. The van der Waals surface area contributed by atoms with Gasteiger partial charge in [-0.3, -0.25) is 0 Å². The molecular formula is C13H18N6O2. The second kappa shape index (κ2) is 5.65. The van der Waals surface area contributed by atoms with Crippen molar-refractivity contribution in [2.45, 2.75) is 25.8 Å². The minimum absolute atomic E-state index is 0.116. The third-order valence-electron chi connectivity index (χ3n) is 3.92. The van der Waals surface area contributed by atoms with Crippen LogP contribution >= 0.6 is 0 Å². The largest absolute Gasteiger partial charge is 0.368 e. The van der Waals surface area contributed by atoms with Crippen LogP contribution in [-0.2, 0) is 0 Å². The Morgan fingerprint density at radius 3 is 2.86 bits per heavy atom. The van der Waals surface area contributed by atoms with Crippen molar-refractivity contribution >= 4 is 17.3 Å². The molecule has 1 N–H and O–H groups in total. The molecule has 3 heterocycles. The van der Waals surface area contributed by atoms with Crippen LogP contribution in [-0.4, -0.2) is 50.1 Å². The first-order valence-corrected chi connectivity index (χ1v) is 7.15. The zero-order valence-electron chi connectivity index (χ0n) is 11.9. The Hall–Kier alpha value is -2.22. The summed E-state index contributed by atoms with van der Waals surface area (Å²) >= 11 is 0. The van der Waals surface area contributed by atoms with Gasteiger partial charge in [0.25, 0.3) is 0 Å². The Kier molecular flexibility index (Phi) is 3.70. The molecule has 112 valence electrons. The van der Waals surface area contributed by atoms with E-state index in [4.69, 9.17) is 0 Å². The van der Waals surface area contributed by atoms with Gasteiger partial charge in [-0.2, -0.15) is 0 Å². The monoisotopic (exact) mass is 290 g/mol. The van der Waals surface area contributed by atoms with Crippen LogP contribution < -0.4 is 5.32 Å². The normalized spacial score (nSPS) is 17.2. The minimum Gasteiger partial charge on any atom is -0.364 e. The van der Waals surface area contributed by atoms with Crippen LogP contribution in [0.5, 0.6) is 0 Å². The summed E-state index contributed by atoms with van der Waals surface area (Å²) in [5.74, 6) is 0.535. The molecule has 1 aliphatic rings. The summed E-state index contributed by atoms with van der Waals surface area (Å²) in [6, 6.07) is 3.92. The Morgan fingerprint density at radius 2 is 2.19 bits per heavy atom. The topological polar surface area (TPSA) is 88.6 Å². The van der Waals surface area contributed by atoms with Crippen LogP contribution in [0.25, 0.3) is 5.65 Å². The number of likely N-dealkylation sites (tertiary alicyclic amines) is 1. The number of piperidine rings is 1. The summed E-state index contributed by atoms with van der Waals surface area (Å²) in [5.41, 5.74) is 0.480. The van der Waals surface area contributed by atoms with Gasteiger partial charge in [-0.1, -0.05) is 16.5 Å². The molecule has 8 heteroatoms. The van der Waals surface area contributed by atoms with E-state index in [2.05, 4.69) is 27.2 Å². The minimum atomic E-state index is -0.476. The molecule has 0 saturated carbocycles. The van der Waals surface area contributed by atoms with E-state index in [0.29, 0.717) is 17.5 Å². The first-order valence-electron chi connectivity index (χ1n) is 7.15. The van der Waals surface area contributed by atoms with Crippen molar-refractivity contribution in [3.05, 3.63) is 28.4 Å². The van der Waals surface area contributed by atoms with Crippen molar-refractivity contribution in [2.75, 3.05) is 25.0 Å². The second-order valence-electron chi connectivity index (χ2n) is 5.21. The van der Waals surface area contributed by atoms with Crippen LogP contribution in [0, 0.1) is 10.1 Å². The number of imidazole rings is 1. The lowest BCUT2D eigenvalue weighted by molar-refractivity contribution is -0.391. The molecule has 0 spiro atoms. The van der Waals surface area contributed by atoms with E-state index >= 15 is 0 Å². The van der Waals surface area contributed by atoms with E-state index in [1.807, 2.05) is 6.07 Å². The fourth-order valence-corrected chi connectivity index (χ4v) is 2.67. The maximum atomic E-state index is 10.9. The Bertz CT molecular complexity index is 647. The van der Waals surface area contributed by atoms with Crippen LogP contribution in [0.3, 0.4) is 0 Å². The van der Waals surface area contributed by atoms with Crippen molar-refractivity contribution in [2.24, 2.45) is 0 Å². The highest BCUT2D eigenvalue weighted by molar-refractivity contribution is 5.48. The number of anilines is 1. The third-order valence-corrected chi connectivity index (χ3v) is 3.92. The van der Waals surface area contributed by atoms with E-state index in [0.717, 1.165) is 32.5 Å². The number of nitrogens with one attached hydrogen (secondary N) is 1. The molecule has 0 amide bonds. The van der Waals surface area contributed by atoms with Gasteiger partial charge >= 0.3 is 5.82 Å². The highest BCUT2D eigenvalue weighted by atomic mass is 16.6. The summed E-state index contributed by atoms with van der Waals surface area (Å²) in [7, 11) is 0. The third kappa shape index (κ3) is 2.80. The summed E-state index contributed by atoms with van der Waals surface area (Å²) in [6.07, 6.45) is 3.34. The molecule has 2 aromatic heterocycles. The van der Waals surface area contributed by atoms with Crippen LogP contribution in [0.15, 0.2) is 18.3 Å².